The zero-order chi connectivity index (χ0) is 15.8. The monoisotopic (exact) mass is 330 g/mol. The van der Waals surface area contributed by atoms with Gasteiger partial charge in [0.1, 0.15) is 5.01 Å². The van der Waals surface area contributed by atoms with Gasteiger partial charge in [-0.2, -0.15) is 17.5 Å². The molecule has 5 nitrogen and oxygen atoms in total. The summed E-state index contributed by atoms with van der Waals surface area (Å²) in [5.41, 5.74) is -3.12. The van der Waals surface area contributed by atoms with E-state index >= 15 is 0 Å². The molecular weight excluding hydrogens is 317 g/mol. The van der Waals surface area contributed by atoms with E-state index in [1.165, 1.54) is 12.3 Å². The number of thiazole rings is 1. The molecule has 1 heterocycles. The van der Waals surface area contributed by atoms with Crippen LogP contribution >= 0.6 is 11.3 Å². The number of nitrogens with zero attached hydrogens (tertiary/aromatic N) is 2. The Kier molecular flexibility index (Phi) is 4.62. The average molecular weight is 330 g/mol. The second kappa shape index (κ2) is 5.41. The van der Waals surface area contributed by atoms with Crippen molar-refractivity contribution in [3.05, 3.63) is 16.1 Å². The molecule has 1 rings (SSSR count). The topological polar surface area (TPSA) is 79.6 Å². The van der Waals surface area contributed by atoms with Crippen LogP contribution in [0.1, 0.15) is 17.1 Å². The van der Waals surface area contributed by atoms with Gasteiger partial charge < -0.3 is 5.11 Å². The molecule has 1 N–H and O–H groups in total. The molecule has 0 radical (unpaired) electrons. The van der Waals surface area contributed by atoms with Gasteiger partial charge in [0.05, 0.1) is 6.42 Å². The lowest BCUT2D eigenvalue weighted by molar-refractivity contribution is -0.267. The molecule has 0 fully saturated rings. The minimum atomic E-state index is -5.09. The number of carbonyl (C=O) groups excluding carboxylic acids is 1. The van der Waals surface area contributed by atoms with E-state index in [-0.39, 0.29) is 0 Å². The van der Waals surface area contributed by atoms with Crippen LogP contribution in [0.4, 0.5) is 13.2 Å². The minimum absolute atomic E-state index is 0.298. The predicted octanol–water partition coefficient (Wildman–Crippen LogP) is 1.85. The molecule has 0 bridgehead atoms. The number of amides is 1. The highest BCUT2D eigenvalue weighted by Crippen LogP contribution is 2.43. The second-order valence-corrected chi connectivity index (χ2v) is 7.90. The number of carbonyl (C=O) groups is 1. The third kappa shape index (κ3) is 4.00. The van der Waals surface area contributed by atoms with Crippen LogP contribution in [0.15, 0.2) is 9.74 Å². The summed E-state index contributed by atoms with van der Waals surface area (Å²) >= 11 is 0.597. The molecule has 114 valence electrons. The quantitative estimate of drug-likeness (QED) is 0.917. The summed E-state index contributed by atoms with van der Waals surface area (Å²) < 4.78 is 53.6. The lowest BCUT2D eigenvalue weighted by Gasteiger charge is -2.27. The van der Waals surface area contributed by atoms with Gasteiger partial charge in [0.25, 0.3) is 5.91 Å². The number of rotatable bonds is 3. The van der Waals surface area contributed by atoms with Crippen LogP contribution in [0.2, 0.25) is 0 Å². The third-order valence-electron chi connectivity index (χ3n) is 2.17. The maximum absolute atomic E-state index is 13.0. The van der Waals surface area contributed by atoms with Gasteiger partial charge in [0.15, 0.2) is 0 Å². The first-order chi connectivity index (χ1) is 8.85. The van der Waals surface area contributed by atoms with Crippen molar-refractivity contribution >= 4 is 27.0 Å². The lowest BCUT2D eigenvalue weighted by atomic mass is 9.99. The Hall–Kier alpha value is -1.00. The Morgan fingerprint density at radius 2 is 2.05 bits per heavy atom. The smallest absolute Gasteiger partial charge is 0.374 e. The van der Waals surface area contributed by atoms with Crippen molar-refractivity contribution in [2.75, 3.05) is 12.5 Å². The normalized spacial score (nSPS) is 15.8. The summed E-state index contributed by atoms with van der Waals surface area (Å²) in [6.07, 6.45) is -4.21. The minimum Gasteiger partial charge on any atom is -0.374 e. The molecule has 0 spiro atoms. The highest BCUT2D eigenvalue weighted by molar-refractivity contribution is 7.92. The highest BCUT2D eigenvalue weighted by atomic mass is 32.2. The van der Waals surface area contributed by atoms with E-state index in [1.54, 1.807) is 0 Å². The number of aliphatic hydroxyl groups is 1. The van der Waals surface area contributed by atoms with Crippen molar-refractivity contribution < 1.29 is 27.3 Å². The van der Waals surface area contributed by atoms with Gasteiger partial charge in [-0.3, -0.25) is 4.79 Å². The highest BCUT2D eigenvalue weighted by Gasteiger charge is 2.58. The molecule has 20 heavy (non-hydrogen) atoms. The summed E-state index contributed by atoms with van der Waals surface area (Å²) in [6, 6.07) is 0. The number of halogens is 3. The van der Waals surface area contributed by atoms with Gasteiger partial charge in [-0.1, -0.05) is 0 Å². The second-order valence-electron chi connectivity index (χ2n) is 4.50. The van der Waals surface area contributed by atoms with Gasteiger partial charge in [-0.05, 0) is 6.92 Å². The Balaban J connectivity index is 3.22. The molecule has 0 saturated heterocycles. The number of alkyl halides is 3. The summed E-state index contributed by atoms with van der Waals surface area (Å²) in [5.74, 6) is -1.28. The van der Waals surface area contributed by atoms with Crippen molar-refractivity contribution in [3.8, 4) is 0 Å². The molecule has 0 aliphatic heterocycles. The molecule has 1 amide bonds. The molecule has 1 aromatic heterocycles. The predicted molar refractivity (Wildman–Crippen MR) is 68.8 cm³/mol. The summed E-state index contributed by atoms with van der Waals surface area (Å²) in [7, 11) is -2.89. The fourth-order valence-corrected chi connectivity index (χ4v) is 2.81. The van der Waals surface area contributed by atoms with E-state index < -0.39 is 38.8 Å². The molecule has 0 aliphatic rings. The van der Waals surface area contributed by atoms with E-state index in [2.05, 4.69) is 9.35 Å². The van der Waals surface area contributed by atoms with Gasteiger partial charge in [-0.15, -0.1) is 11.3 Å². The number of hydrogen-bond donors (Lipinski definition) is 1. The largest absolute Gasteiger partial charge is 0.424 e. The summed E-state index contributed by atoms with van der Waals surface area (Å²) in [6.45, 7) is 1.47. The van der Waals surface area contributed by atoms with Crippen molar-refractivity contribution in [3.63, 3.8) is 0 Å². The van der Waals surface area contributed by atoms with Crippen molar-refractivity contribution in [2.45, 2.75) is 25.1 Å². The molecule has 0 saturated carbocycles. The number of aryl methyl sites for hydroxylation is 1. The molecule has 0 aromatic carbocycles. The summed E-state index contributed by atoms with van der Waals surface area (Å²) in [4.78, 5) is 15.1. The fraction of sp³-hybridized carbons (Fsp3) is 0.600. The Bertz CT molecular complexity index is 624. The fourth-order valence-electron chi connectivity index (χ4n) is 1.34. The SMILES string of the molecule is Cc1csc(C(O)(CC(=O)N=S(C)(C)=O)C(F)(F)F)n1. The Morgan fingerprint density at radius 1 is 1.50 bits per heavy atom. The third-order valence-corrected chi connectivity index (χ3v) is 3.93. The van der Waals surface area contributed by atoms with E-state index in [0.717, 1.165) is 12.5 Å². The van der Waals surface area contributed by atoms with E-state index in [9.17, 15) is 27.3 Å². The standard InChI is InChI=1S/C10H13F3N2O3S2/c1-6-5-19-8(14-6)9(17,10(11,12)13)4-7(16)15-20(2,3)18/h5,17H,4H2,1-3H3. The van der Waals surface area contributed by atoms with E-state index in [4.69, 9.17) is 0 Å². The molecule has 1 aromatic rings. The maximum atomic E-state index is 13.0. The van der Waals surface area contributed by atoms with E-state index in [0.29, 0.717) is 17.0 Å². The maximum Gasteiger partial charge on any atom is 0.424 e. The van der Waals surface area contributed by atoms with Gasteiger partial charge >= 0.3 is 6.18 Å². The zero-order valence-corrected chi connectivity index (χ0v) is 12.5. The molecule has 0 aliphatic carbocycles. The Morgan fingerprint density at radius 3 is 2.40 bits per heavy atom. The van der Waals surface area contributed by atoms with Crippen LogP contribution in [0, 0.1) is 6.92 Å². The van der Waals surface area contributed by atoms with Crippen LogP contribution in [0.3, 0.4) is 0 Å². The molecule has 10 heteroatoms. The first-order valence-electron chi connectivity index (χ1n) is 5.27. The van der Waals surface area contributed by atoms with E-state index in [1.807, 2.05) is 0 Å². The van der Waals surface area contributed by atoms with Crippen LogP contribution in [-0.4, -0.2) is 38.9 Å². The first kappa shape index (κ1) is 17.1. The number of aromatic nitrogens is 1. The van der Waals surface area contributed by atoms with Crippen molar-refractivity contribution in [1.82, 2.24) is 4.98 Å². The van der Waals surface area contributed by atoms with Crippen molar-refractivity contribution in [1.29, 1.82) is 0 Å². The molecular formula is C10H13F3N2O3S2. The van der Waals surface area contributed by atoms with Crippen LogP contribution < -0.4 is 0 Å². The van der Waals surface area contributed by atoms with Crippen LogP contribution in [0.5, 0.6) is 0 Å². The zero-order valence-electron chi connectivity index (χ0n) is 10.9. The Labute approximate surface area is 118 Å². The summed E-state index contributed by atoms with van der Waals surface area (Å²) in [5, 5.41) is 10.5. The van der Waals surface area contributed by atoms with Crippen molar-refractivity contribution in [2.24, 2.45) is 4.36 Å². The van der Waals surface area contributed by atoms with Gasteiger partial charge in [-0.25, -0.2) is 9.19 Å². The first-order valence-corrected chi connectivity index (χ1v) is 8.48. The number of hydrogen-bond acceptors (Lipinski definition) is 5. The van der Waals surface area contributed by atoms with Gasteiger partial charge in [0.2, 0.25) is 5.60 Å². The average Bonchev–Trinajstić information content (AvgIpc) is 2.59. The van der Waals surface area contributed by atoms with Gasteiger partial charge in [0, 0.05) is 33.3 Å². The van der Waals surface area contributed by atoms with Crippen LogP contribution in [0.25, 0.3) is 0 Å². The lowest BCUT2D eigenvalue weighted by Crippen LogP contribution is -2.44. The molecule has 1 unspecified atom stereocenters. The van der Waals surface area contributed by atoms with Crippen LogP contribution in [-0.2, 0) is 20.1 Å². The molecule has 1 atom stereocenters.